The number of unbranched alkanes of at least 4 members (excludes halogenated alkanes) is 10. The third kappa shape index (κ3) is 33.8. The number of allylic oxidation sites excluding steroid dienone is 12. The zero-order valence-corrected chi connectivity index (χ0v) is 28.1. The quantitative estimate of drug-likeness (QED) is 0.0496. The van der Waals surface area contributed by atoms with E-state index in [0.717, 1.165) is 103 Å². The maximum Gasteiger partial charge on any atom is 0.305 e. The van der Waals surface area contributed by atoms with Gasteiger partial charge in [-0.15, -0.1) is 0 Å². The maximum atomic E-state index is 11.9. The van der Waals surface area contributed by atoms with Crippen molar-refractivity contribution in [3.05, 3.63) is 72.9 Å². The molecule has 0 amide bonds. The van der Waals surface area contributed by atoms with Gasteiger partial charge in [0.1, 0.15) is 19.3 Å². The van der Waals surface area contributed by atoms with Gasteiger partial charge in [0, 0.05) is 12.8 Å². The average molecular weight is 613 g/mol. The van der Waals surface area contributed by atoms with Crippen LogP contribution in [-0.2, 0) is 19.1 Å². The van der Waals surface area contributed by atoms with Gasteiger partial charge in [-0.25, -0.2) is 0 Å². The molecule has 0 atom stereocenters. The standard InChI is InChI=1S/C39H64O5/c1-3-5-7-9-11-13-15-17-19-21-23-25-27-29-31-33-38(41)43-35-37(40)36-44-39(42)34-32-30-28-26-24-22-20-18-16-14-12-10-8-6-4-2/h5-8,11-14,17-20,37,40H,3-4,9-10,15-16,21-36H2,1-2H3/b7-5-,8-6-,13-11-,14-12-,19-17-,20-18-. The number of carbonyl (C=O) groups is 2. The van der Waals surface area contributed by atoms with E-state index >= 15 is 0 Å². The van der Waals surface area contributed by atoms with Gasteiger partial charge in [0.15, 0.2) is 0 Å². The summed E-state index contributed by atoms with van der Waals surface area (Å²) in [7, 11) is 0. The van der Waals surface area contributed by atoms with Crippen LogP contribution in [0.15, 0.2) is 72.9 Å². The molecule has 0 fully saturated rings. The zero-order chi connectivity index (χ0) is 32.2. The van der Waals surface area contributed by atoms with Gasteiger partial charge < -0.3 is 14.6 Å². The van der Waals surface area contributed by atoms with E-state index in [1.165, 1.54) is 12.8 Å². The Bertz CT molecular complexity index is 765. The van der Waals surface area contributed by atoms with Crippen molar-refractivity contribution in [3.8, 4) is 0 Å². The maximum absolute atomic E-state index is 11.9. The second-order valence-corrected chi connectivity index (χ2v) is 11.2. The summed E-state index contributed by atoms with van der Waals surface area (Å²) in [6.45, 7) is 4.02. The van der Waals surface area contributed by atoms with Gasteiger partial charge in [0.05, 0.1) is 0 Å². The molecule has 5 heteroatoms. The first-order valence-corrected chi connectivity index (χ1v) is 17.5. The van der Waals surface area contributed by atoms with E-state index in [2.05, 4.69) is 86.8 Å². The summed E-state index contributed by atoms with van der Waals surface area (Å²) in [6, 6.07) is 0. The Morgan fingerprint density at radius 2 is 0.795 bits per heavy atom. The molecule has 5 nitrogen and oxygen atoms in total. The van der Waals surface area contributed by atoms with Gasteiger partial charge in [0.25, 0.3) is 0 Å². The van der Waals surface area contributed by atoms with Crippen LogP contribution in [0, 0.1) is 0 Å². The Balaban J connectivity index is 3.53. The number of hydrogen-bond donors (Lipinski definition) is 1. The number of hydrogen-bond acceptors (Lipinski definition) is 5. The lowest BCUT2D eigenvalue weighted by atomic mass is 10.1. The summed E-state index contributed by atoms with van der Waals surface area (Å²) in [5.41, 5.74) is 0. The summed E-state index contributed by atoms with van der Waals surface area (Å²) in [4.78, 5) is 23.8. The molecule has 0 radical (unpaired) electrons. The van der Waals surface area contributed by atoms with Crippen molar-refractivity contribution in [2.75, 3.05) is 13.2 Å². The van der Waals surface area contributed by atoms with E-state index < -0.39 is 6.10 Å². The number of carbonyl (C=O) groups excluding carboxylic acids is 2. The second-order valence-electron chi connectivity index (χ2n) is 11.2. The topological polar surface area (TPSA) is 72.8 Å². The Hall–Kier alpha value is -2.66. The van der Waals surface area contributed by atoms with Crippen LogP contribution in [0.5, 0.6) is 0 Å². The minimum atomic E-state index is -0.981. The predicted molar refractivity (Wildman–Crippen MR) is 186 cm³/mol. The monoisotopic (exact) mass is 612 g/mol. The highest BCUT2D eigenvalue weighted by molar-refractivity contribution is 5.69. The molecule has 44 heavy (non-hydrogen) atoms. The van der Waals surface area contributed by atoms with Crippen LogP contribution in [0.2, 0.25) is 0 Å². The highest BCUT2D eigenvalue weighted by Crippen LogP contribution is 2.10. The third-order valence-corrected chi connectivity index (χ3v) is 6.94. The molecule has 0 saturated carbocycles. The minimum absolute atomic E-state index is 0.135. The number of aliphatic hydroxyl groups excluding tert-OH is 1. The Morgan fingerprint density at radius 1 is 0.477 bits per heavy atom. The van der Waals surface area contributed by atoms with E-state index in [9.17, 15) is 14.7 Å². The third-order valence-electron chi connectivity index (χ3n) is 6.94. The van der Waals surface area contributed by atoms with Gasteiger partial charge in [-0.2, -0.15) is 0 Å². The fourth-order valence-corrected chi connectivity index (χ4v) is 4.35. The van der Waals surface area contributed by atoms with E-state index in [4.69, 9.17) is 9.47 Å². The molecule has 0 aromatic rings. The number of rotatable bonds is 30. The molecule has 0 aliphatic heterocycles. The average Bonchev–Trinajstić information content (AvgIpc) is 3.02. The van der Waals surface area contributed by atoms with E-state index in [1.54, 1.807) is 0 Å². The second kappa shape index (κ2) is 34.8. The summed E-state index contributed by atoms with van der Waals surface area (Å²) in [6.07, 6.45) is 45.2. The normalized spacial score (nSPS) is 12.5. The summed E-state index contributed by atoms with van der Waals surface area (Å²) < 4.78 is 10.3. The Morgan fingerprint density at radius 3 is 1.18 bits per heavy atom. The fourth-order valence-electron chi connectivity index (χ4n) is 4.35. The SMILES string of the molecule is CC/C=C\C/C=C\C/C=C\CCCCCCCC(=O)OCC(O)COC(=O)CCCCCCC/C=C\C/C=C\C/C=C\CC. The highest BCUT2D eigenvalue weighted by atomic mass is 16.6. The van der Waals surface area contributed by atoms with Gasteiger partial charge in [-0.3, -0.25) is 9.59 Å². The van der Waals surface area contributed by atoms with Crippen LogP contribution in [0.3, 0.4) is 0 Å². The van der Waals surface area contributed by atoms with E-state index in [0.29, 0.717) is 12.8 Å². The van der Waals surface area contributed by atoms with Crippen molar-refractivity contribution in [1.29, 1.82) is 0 Å². The van der Waals surface area contributed by atoms with Crippen LogP contribution < -0.4 is 0 Å². The molecule has 1 N–H and O–H groups in total. The minimum Gasteiger partial charge on any atom is -0.463 e. The van der Waals surface area contributed by atoms with Crippen molar-refractivity contribution >= 4 is 11.9 Å². The van der Waals surface area contributed by atoms with Gasteiger partial charge >= 0.3 is 11.9 Å². The number of ether oxygens (including phenoxy) is 2. The summed E-state index contributed by atoms with van der Waals surface area (Å²) in [5.74, 6) is -0.612. The first kappa shape index (κ1) is 41.3. The molecule has 0 bridgehead atoms. The number of aliphatic hydroxyl groups is 1. The molecule has 0 rings (SSSR count). The molecule has 0 aromatic carbocycles. The van der Waals surface area contributed by atoms with Gasteiger partial charge in [-0.05, 0) is 77.0 Å². The fraction of sp³-hybridized carbons (Fsp3) is 0.641. The molecule has 0 aliphatic rings. The molecule has 0 aliphatic carbocycles. The van der Waals surface area contributed by atoms with Crippen LogP contribution in [-0.4, -0.2) is 36.4 Å². The highest BCUT2D eigenvalue weighted by Gasteiger charge is 2.12. The van der Waals surface area contributed by atoms with Crippen LogP contribution in [0.25, 0.3) is 0 Å². The molecule has 0 saturated heterocycles. The lowest BCUT2D eigenvalue weighted by Crippen LogP contribution is -2.25. The molecule has 0 spiro atoms. The van der Waals surface area contributed by atoms with Crippen molar-refractivity contribution in [2.45, 2.75) is 148 Å². The largest absolute Gasteiger partial charge is 0.463 e. The molecule has 250 valence electrons. The predicted octanol–water partition coefficient (Wildman–Crippen LogP) is 10.6. The molecule has 0 aromatic heterocycles. The van der Waals surface area contributed by atoms with Crippen molar-refractivity contribution in [1.82, 2.24) is 0 Å². The first-order valence-electron chi connectivity index (χ1n) is 17.5. The van der Waals surface area contributed by atoms with Crippen molar-refractivity contribution in [2.24, 2.45) is 0 Å². The van der Waals surface area contributed by atoms with Gasteiger partial charge in [-0.1, -0.05) is 125 Å². The number of esters is 2. The zero-order valence-electron chi connectivity index (χ0n) is 28.1. The van der Waals surface area contributed by atoms with Crippen molar-refractivity contribution < 1.29 is 24.2 Å². The van der Waals surface area contributed by atoms with Crippen molar-refractivity contribution in [3.63, 3.8) is 0 Å². The summed E-state index contributed by atoms with van der Waals surface area (Å²) >= 11 is 0. The Kier molecular flexibility index (Phi) is 32.7. The van der Waals surface area contributed by atoms with E-state index in [-0.39, 0.29) is 25.2 Å². The van der Waals surface area contributed by atoms with E-state index in [1.807, 2.05) is 0 Å². The lowest BCUT2D eigenvalue weighted by Gasteiger charge is -2.12. The molecular weight excluding hydrogens is 548 g/mol. The molecule has 0 unspecified atom stereocenters. The smallest absolute Gasteiger partial charge is 0.305 e. The van der Waals surface area contributed by atoms with Crippen LogP contribution >= 0.6 is 0 Å². The lowest BCUT2D eigenvalue weighted by molar-refractivity contribution is -0.152. The van der Waals surface area contributed by atoms with Crippen LogP contribution in [0.1, 0.15) is 142 Å². The first-order chi connectivity index (χ1) is 21.6. The van der Waals surface area contributed by atoms with Gasteiger partial charge in [0.2, 0.25) is 0 Å². The van der Waals surface area contributed by atoms with Crippen LogP contribution in [0.4, 0.5) is 0 Å². The Labute approximate surface area is 270 Å². The molecular formula is C39H64O5. The summed E-state index contributed by atoms with van der Waals surface area (Å²) in [5, 5.41) is 9.98. The molecule has 0 heterocycles.